The second-order valence-electron chi connectivity index (χ2n) is 4.05. The number of thiocarbonyl (C=S) groups is 1. The van der Waals surface area contributed by atoms with Crippen molar-refractivity contribution in [3.63, 3.8) is 0 Å². The van der Waals surface area contributed by atoms with E-state index in [1.807, 2.05) is 0 Å². The summed E-state index contributed by atoms with van der Waals surface area (Å²) in [6, 6.07) is 0. The molecule has 1 aromatic heterocycles. The van der Waals surface area contributed by atoms with Crippen LogP contribution in [0.25, 0.3) is 0 Å². The number of ether oxygens (including phenoxy) is 1. The Morgan fingerprint density at radius 2 is 2.21 bits per heavy atom. The van der Waals surface area contributed by atoms with Gasteiger partial charge in [-0.05, 0) is 25.1 Å². The standard InChI is InChI=1S/C11H16N6OS/c1-18-9-7-13-6-8(14-9)10(12)15-16-11(19)17-4-2-3-5-17/h6-7H,2-5H2,1H3,(H2,12,15)(H,16,19). The summed E-state index contributed by atoms with van der Waals surface area (Å²) < 4.78 is 4.97. The van der Waals surface area contributed by atoms with Crippen LogP contribution in [0.15, 0.2) is 17.5 Å². The molecule has 0 aliphatic carbocycles. The van der Waals surface area contributed by atoms with Crippen molar-refractivity contribution < 1.29 is 4.74 Å². The molecule has 1 aliphatic heterocycles. The number of methoxy groups -OCH3 is 1. The number of hydrazone groups is 1. The minimum atomic E-state index is 0.216. The highest BCUT2D eigenvalue weighted by Crippen LogP contribution is 2.07. The molecule has 3 N–H and O–H groups in total. The monoisotopic (exact) mass is 280 g/mol. The number of amidine groups is 1. The van der Waals surface area contributed by atoms with E-state index < -0.39 is 0 Å². The Morgan fingerprint density at radius 3 is 2.89 bits per heavy atom. The van der Waals surface area contributed by atoms with E-state index in [0.29, 0.717) is 16.7 Å². The summed E-state index contributed by atoms with van der Waals surface area (Å²) >= 11 is 5.22. The molecule has 1 aromatic rings. The van der Waals surface area contributed by atoms with Crippen molar-refractivity contribution in [2.24, 2.45) is 10.8 Å². The van der Waals surface area contributed by atoms with Gasteiger partial charge >= 0.3 is 0 Å². The first-order chi connectivity index (χ1) is 9.20. The van der Waals surface area contributed by atoms with Gasteiger partial charge in [-0.2, -0.15) is 5.10 Å². The summed E-state index contributed by atoms with van der Waals surface area (Å²) in [6.07, 6.45) is 5.33. The number of likely N-dealkylation sites (tertiary alicyclic amines) is 1. The van der Waals surface area contributed by atoms with E-state index in [4.69, 9.17) is 22.7 Å². The Hall–Kier alpha value is -1.96. The highest BCUT2D eigenvalue weighted by Gasteiger charge is 2.14. The fraction of sp³-hybridized carbons (Fsp3) is 0.455. The van der Waals surface area contributed by atoms with Crippen molar-refractivity contribution in [3.8, 4) is 5.88 Å². The molecule has 8 heteroatoms. The molecule has 2 rings (SSSR count). The van der Waals surface area contributed by atoms with Gasteiger partial charge in [-0.15, -0.1) is 0 Å². The molecule has 1 saturated heterocycles. The van der Waals surface area contributed by atoms with Gasteiger partial charge in [0.1, 0.15) is 5.69 Å². The van der Waals surface area contributed by atoms with Crippen molar-refractivity contribution in [3.05, 3.63) is 18.1 Å². The number of rotatable bonds is 3. The lowest BCUT2D eigenvalue weighted by molar-refractivity contribution is 0.395. The van der Waals surface area contributed by atoms with Crippen molar-refractivity contribution in [1.82, 2.24) is 20.3 Å². The Kier molecular flexibility index (Phi) is 4.45. The van der Waals surface area contributed by atoms with Crippen LogP contribution in [0.2, 0.25) is 0 Å². The van der Waals surface area contributed by atoms with Gasteiger partial charge in [-0.25, -0.2) is 4.98 Å². The van der Waals surface area contributed by atoms with Gasteiger partial charge in [0.2, 0.25) is 5.88 Å². The van der Waals surface area contributed by atoms with E-state index in [1.165, 1.54) is 19.5 Å². The molecular weight excluding hydrogens is 264 g/mol. The van der Waals surface area contributed by atoms with Crippen LogP contribution in [-0.4, -0.2) is 46.0 Å². The molecule has 0 amide bonds. The van der Waals surface area contributed by atoms with Gasteiger partial charge in [0, 0.05) is 13.1 Å². The van der Waals surface area contributed by atoms with Crippen molar-refractivity contribution in [2.75, 3.05) is 20.2 Å². The van der Waals surface area contributed by atoms with E-state index >= 15 is 0 Å². The number of nitrogens with one attached hydrogen (secondary N) is 1. The second kappa shape index (κ2) is 6.28. The highest BCUT2D eigenvalue weighted by molar-refractivity contribution is 7.80. The maximum absolute atomic E-state index is 5.82. The van der Waals surface area contributed by atoms with E-state index in [-0.39, 0.29) is 5.84 Å². The SMILES string of the molecule is COc1cncc(/C(N)=N\NC(=S)N2CCCC2)n1. The van der Waals surface area contributed by atoms with Crippen LogP contribution in [-0.2, 0) is 0 Å². The zero-order valence-corrected chi connectivity index (χ0v) is 11.5. The van der Waals surface area contributed by atoms with Crippen molar-refractivity contribution >= 4 is 23.2 Å². The largest absolute Gasteiger partial charge is 0.480 e. The molecule has 1 fully saturated rings. The summed E-state index contributed by atoms with van der Waals surface area (Å²) in [5.74, 6) is 0.603. The number of hydrogen-bond acceptors (Lipinski definition) is 5. The van der Waals surface area contributed by atoms with Gasteiger partial charge in [-0.3, -0.25) is 10.4 Å². The van der Waals surface area contributed by atoms with E-state index in [0.717, 1.165) is 25.9 Å². The zero-order chi connectivity index (χ0) is 13.7. The summed E-state index contributed by atoms with van der Waals surface area (Å²) in [7, 11) is 1.52. The predicted octanol–water partition coefficient (Wildman–Crippen LogP) is 0.0758. The number of aromatic nitrogens is 2. The Morgan fingerprint density at radius 1 is 1.47 bits per heavy atom. The third-order valence-corrected chi connectivity index (χ3v) is 3.10. The second-order valence-corrected chi connectivity index (χ2v) is 4.44. The quantitative estimate of drug-likeness (QED) is 0.351. The lowest BCUT2D eigenvalue weighted by Gasteiger charge is -2.17. The van der Waals surface area contributed by atoms with E-state index in [1.54, 1.807) is 0 Å². The van der Waals surface area contributed by atoms with Gasteiger partial charge in [-0.1, -0.05) is 0 Å². The molecule has 0 aromatic carbocycles. The normalized spacial score (nSPS) is 15.4. The molecule has 2 heterocycles. The molecule has 7 nitrogen and oxygen atoms in total. The van der Waals surface area contributed by atoms with Gasteiger partial charge in [0.05, 0.1) is 19.5 Å². The van der Waals surface area contributed by atoms with Gasteiger partial charge in [0.15, 0.2) is 10.9 Å². The van der Waals surface area contributed by atoms with Crippen LogP contribution in [0.4, 0.5) is 0 Å². The molecule has 0 saturated carbocycles. The maximum atomic E-state index is 5.82. The number of hydrogen-bond donors (Lipinski definition) is 2. The van der Waals surface area contributed by atoms with Crippen LogP contribution >= 0.6 is 12.2 Å². The first kappa shape index (κ1) is 13.5. The molecule has 1 aliphatic rings. The fourth-order valence-electron chi connectivity index (χ4n) is 1.73. The molecule has 0 radical (unpaired) electrons. The third-order valence-electron chi connectivity index (χ3n) is 2.75. The summed E-state index contributed by atoms with van der Waals surface area (Å²) in [4.78, 5) is 10.1. The smallest absolute Gasteiger partial charge is 0.232 e. The Labute approximate surface area is 116 Å². The molecule has 19 heavy (non-hydrogen) atoms. The third kappa shape index (κ3) is 3.50. The van der Waals surface area contributed by atoms with Crippen LogP contribution < -0.4 is 15.9 Å². The van der Waals surface area contributed by atoms with Gasteiger partial charge < -0.3 is 15.4 Å². The first-order valence-electron chi connectivity index (χ1n) is 5.95. The Balaban J connectivity index is 1.99. The minimum absolute atomic E-state index is 0.216. The summed E-state index contributed by atoms with van der Waals surface area (Å²) in [6.45, 7) is 1.92. The predicted molar refractivity (Wildman–Crippen MR) is 75.8 cm³/mol. The number of nitrogens with zero attached hydrogens (tertiary/aromatic N) is 4. The van der Waals surface area contributed by atoms with Crippen LogP contribution in [0.3, 0.4) is 0 Å². The molecule has 0 bridgehead atoms. The summed E-state index contributed by atoms with van der Waals surface area (Å²) in [5.41, 5.74) is 9.03. The molecule has 0 unspecified atom stereocenters. The zero-order valence-electron chi connectivity index (χ0n) is 10.7. The highest BCUT2D eigenvalue weighted by atomic mass is 32.1. The Bertz CT molecular complexity index is 486. The average molecular weight is 280 g/mol. The topological polar surface area (TPSA) is 88.7 Å². The van der Waals surface area contributed by atoms with Crippen LogP contribution in [0.1, 0.15) is 18.5 Å². The summed E-state index contributed by atoms with van der Waals surface area (Å²) in [5, 5.41) is 4.60. The lowest BCUT2D eigenvalue weighted by atomic mass is 10.4. The van der Waals surface area contributed by atoms with Crippen molar-refractivity contribution in [1.29, 1.82) is 0 Å². The lowest BCUT2D eigenvalue weighted by Crippen LogP contribution is -2.36. The van der Waals surface area contributed by atoms with E-state index in [9.17, 15) is 0 Å². The van der Waals surface area contributed by atoms with E-state index in [2.05, 4.69) is 25.4 Å². The number of nitrogens with two attached hydrogens (primary N) is 1. The van der Waals surface area contributed by atoms with Crippen molar-refractivity contribution in [2.45, 2.75) is 12.8 Å². The molecule has 0 spiro atoms. The fourth-order valence-corrected chi connectivity index (χ4v) is 1.95. The van der Waals surface area contributed by atoms with Crippen LogP contribution in [0, 0.1) is 0 Å². The minimum Gasteiger partial charge on any atom is -0.480 e. The molecule has 0 atom stereocenters. The molecular formula is C11H16N6OS. The maximum Gasteiger partial charge on any atom is 0.232 e. The first-order valence-corrected chi connectivity index (χ1v) is 6.36. The van der Waals surface area contributed by atoms with Gasteiger partial charge in [0.25, 0.3) is 0 Å². The van der Waals surface area contributed by atoms with Crippen LogP contribution in [0.5, 0.6) is 5.88 Å². The average Bonchev–Trinajstić information content (AvgIpc) is 2.98. The molecule has 102 valence electrons.